The minimum atomic E-state index is 0.649. The lowest BCUT2D eigenvalue weighted by Gasteiger charge is -2.29. The molecule has 0 saturated carbocycles. The summed E-state index contributed by atoms with van der Waals surface area (Å²) in [5, 5.41) is 7.20. The maximum atomic E-state index is 5.39. The summed E-state index contributed by atoms with van der Waals surface area (Å²) >= 11 is 0. The zero-order valence-corrected chi connectivity index (χ0v) is 9.80. The highest BCUT2D eigenvalue weighted by Crippen LogP contribution is 2.18. The normalized spacial score (nSPS) is 30.6. The van der Waals surface area contributed by atoms with Crippen LogP contribution in [0.4, 0.5) is 0 Å². The highest BCUT2D eigenvalue weighted by Gasteiger charge is 2.21. The molecule has 2 unspecified atom stereocenters. The first-order valence-electron chi connectivity index (χ1n) is 6.41. The fourth-order valence-electron chi connectivity index (χ4n) is 2.64. The van der Waals surface area contributed by atoms with E-state index in [1.807, 2.05) is 0 Å². The van der Waals surface area contributed by atoms with Crippen molar-refractivity contribution in [2.45, 2.75) is 44.7 Å². The Bertz CT molecular complexity index is 174. The standard InChI is InChI=1S/C12H24N2O/c1-10(11-4-7-15-8-5-11)14-9-12-3-2-6-13-12/h10-14H,2-9H2,1H3. The molecule has 3 heteroatoms. The third-order valence-corrected chi connectivity index (χ3v) is 3.82. The minimum absolute atomic E-state index is 0.649. The maximum absolute atomic E-state index is 5.39. The van der Waals surface area contributed by atoms with E-state index in [9.17, 15) is 0 Å². The molecular weight excluding hydrogens is 188 g/mol. The molecule has 0 amide bonds. The van der Waals surface area contributed by atoms with E-state index < -0.39 is 0 Å². The van der Waals surface area contributed by atoms with E-state index in [0.717, 1.165) is 25.7 Å². The lowest BCUT2D eigenvalue weighted by atomic mass is 9.93. The van der Waals surface area contributed by atoms with Crippen molar-refractivity contribution in [3.05, 3.63) is 0 Å². The molecule has 2 fully saturated rings. The summed E-state index contributed by atoms with van der Waals surface area (Å²) in [5.74, 6) is 0.820. The van der Waals surface area contributed by atoms with Crippen molar-refractivity contribution in [2.24, 2.45) is 5.92 Å². The fraction of sp³-hybridized carbons (Fsp3) is 1.00. The van der Waals surface area contributed by atoms with Gasteiger partial charge in [-0.15, -0.1) is 0 Å². The Kier molecular flexibility index (Phi) is 4.42. The van der Waals surface area contributed by atoms with Gasteiger partial charge in [0.05, 0.1) is 0 Å². The summed E-state index contributed by atoms with van der Waals surface area (Å²) in [7, 11) is 0. The van der Waals surface area contributed by atoms with Crippen LogP contribution in [-0.4, -0.2) is 38.4 Å². The zero-order valence-electron chi connectivity index (χ0n) is 9.80. The van der Waals surface area contributed by atoms with E-state index in [1.54, 1.807) is 0 Å². The first-order valence-corrected chi connectivity index (χ1v) is 6.41. The van der Waals surface area contributed by atoms with Crippen LogP contribution >= 0.6 is 0 Å². The molecular formula is C12H24N2O. The molecule has 2 rings (SSSR count). The number of rotatable bonds is 4. The second-order valence-corrected chi connectivity index (χ2v) is 4.94. The zero-order chi connectivity index (χ0) is 10.5. The Morgan fingerprint density at radius 2 is 2.13 bits per heavy atom. The van der Waals surface area contributed by atoms with E-state index in [-0.39, 0.29) is 0 Å². The first kappa shape index (κ1) is 11.4. The Morgan fingerprint density at radius 3 is 2.80 bits per heavy atom. The molecule has 2 aliphatic heterocycles. The van der Waals surface area contributed by atoms with Crippen molar-refractivity contribution in [1.29, 1.82) is 0 Å². The van der Waals surface area contributed by atoms with Crippen molar-refractivity contribution in [3.8, 4) is 0 Å². The lowest BCUT2D eigenvalue weighted by Crippen LogP contribution is -2.42. The number of ether oxygens (including phenoxy) is 1. The van der Waals surface area contributed by atoms with Crippen LogP contribution < -0.4 is 10.6 Å². The third kappa shape index (κ3) is 3.44. The van der Waals surface area contributed by atoms with Gasteiger partial charge >= 0.3 is 0 Å². The highest BCUT2D eigenvalue weighted by atomic mass is 16.5. The second-order valence-electron chi connectivity index (χ2n) is 4.94. The number of hydrogen-bond donors (Lipinski definition) is 2. The molecule has 0 aromatic heterocycles. The van der Waals surface area contributed by atoms with E-state index >= 15 is 0 Å². The molecule has 2 atom stereocenters. The molecule has 2 N–H and O–H groups in total. The van der Waals surface area contributed by atoms with Gasteiger partial charge in [-0.2, -0.15) is 0 Å². The summed E-state index contributed by atoms with van der Waals surface area (Å²) in [6, 6.07) is 1.36. The molecule has 0 bridgehead atoms. The van der Waals surface area contributed by atoms with Gasteiger partial charge in [0.15, 0.2) is 0 Å². The largest absolute Gasteiger partial charge is 0.381 e. The van der Waals surface area contributed by atoms with Gasteiger partial charge in [-0.1, -0.05) is 0 Å². The molecule has 3 nitrogen and oxygen atoms in total. The molecule has 0 radical (unpaired) electrons. The molecule has 2 heterocycles. The topological polar surface area (TPSA) is 33.3 Å². The van der Waals surface area contributed by atoms with Crippen molar-refractivity contribution >= 4 is 0 Å². The lowest BCUT2D eigenvalue weighted by molar-refractivity contribution is 0.0558. The fourth-order valence-corrected chi connectivity index (χ4v) is 2.64. The van der Waals surface area contributed by atoms with Gasteiger partial charge in [0.25, 0.3) is 0 Å². The molecule has 2 saturated heterocycles. The monoisotopic (exact) mass is 212 g/mol. The van der Waals surface area contributed by atoms with Gasteiger partial charge in [0, 0.05) is 31.8 Å². The van der Waals surface area contributed by atoms with Crippen LogP contribution in [-0.2, 0) is 4.74 Å². The van der Waals surface area contributed by atoms with Gasteiger partial charge in [-0.25, -0.2) is 0 Å². The van der Waals surface area contributed by atoms with Gasteiger partial charge in [0.1, 0.15) is 0 Å². The average molecular weight is 212 g/mol. The van der Waals surface area contributed by atoms with Crippen LogP contribution in [0.1, 0.15) is 32.6 Å². The smallest absolute Gasteiger partial charge is 0.0469 e. The summed E-state index contributed by atoms with van der Waals surface area (Å²) in [6.07, 6.45) is 5.14. The quantitative estimate of drug-likeness (QED) is 0.733. The molecule has 0 spiro atoms. The molecule has 15 heavy (non-hydrogen) atoms. The van der Waals surface area contributed by atoms with Crippen molar-refractivity contribution in [1.82, 2.24) is 10.6 Å². The van der Waals surface area contributed by atoms with Crippen molar-refractivity contribution in [2.75, 3.05) is 26.3 Å². The Labute approximate surface area is 93.0 Å². The number of hydrogen-bond acceptors (Lipinski definition) is 3. The minimum Gasteiger partial charge on any atom is -0.381 e. The van der Waals surface area contributed by atoms with E-state index in [0.29, 0.717) is 12.1 Å². The summed E-state index contributed by atoms with van der Waals surface area (Å²) in [4.78, 5) is 0. The molecule has 0 aromatic rings. The molecule has 0 aliphatic carbocycles. The maximum Gasteiger partial charge on any atom is 0.0469 e. The Morgan fingerprint density at radius 1 is 1.33 bits per heavy atom. The third-order valence-electron chi connectivity index (χ3n) is 3.82. The SMILES string of the molecule is CC(NCC1CCCN1)C1CCOCC1. The molecule has 0 aromatic carbocycles. The molecule has 88 valence electrons. The highest BCUT2D eigenvalue weighted by molar-refractivity contribution is 4.80. The predicted molar refractivity (Wildman–Crippen MR) is 62.0 cm³/mol. The van der Waals surface area contributed by atoms with Crippen LogP contribution in [0.2, 0.25) is 0 Å². The van der Waals surface area contributed by atoms with Crippen LogP contribution in [0.5, 0.6) is 0 Å². The van der Waals surface area contributed by atoms with Gasteiger partial charge < -0.3 is 15.4 Å². The first-order chi connectivity index (χ1) is 7.36. The van der Waals surface area contributed by atoms with Crippen molar-refractivity contribution in [3.63, 3.8) is 0 Å². The van der Waals surface area contributed by atoms with E-state index in [1.165, 1.54) is 32.2 Å². The van der Waals surface area contributed by atoms with Gasteiger partial charge in [-0.05, 0) is 45.1 Å². The predicted octanol–water partition coefficient (Wildman–Crippen LogP) is 1.14. The van der Waals surface area contributed by atoms with Crippen LogP contribution in [0.25, 0.3) is 0 Å². The van der Waals surface area contributed by atoms with Gasteiger partial charge in [-0.3, -0.25) is 0 Å². The Hall–Kier alpha value is -0.120. The van der Waals surface area contributed by atoms with Crippen LogP contribution in [0, 0.1) is 5.92 Å². The molecule has 2 aliphatic rings. The van der Waals surface area contributed by atoms with Crippen LogP contribution in [0.3, 0.4) is 0 Å². The van der Waals surface area contributed by atoms with E-state index in [4.69, 9.17) is 4.74 Å². The van der Waals surface area contributed by atoms with Crippen molar-refractivity contribution < 1.29 is 4.74 Å². The van der Waals surface area contributed by atoms with Crippen LogP contribution in [0.15, 0.2) is 0 Å². The summed E-state index contributed by atoms with van der Waals surface area (Å²) < 4.78 is 5.39. The summed E-state index contributed by atoms with van der Waals surface area (Å²) in [5.41, 5.74) is 0. The summed E-state index contributed by atoms with van der Waals surface area (Å²) in [6.45, 7) is 6.58. The number of nitrogens with one attached hydrogen (secondary N) is 2. The van der Waals surface area contributed by atoms with Gasteiger partial charge in [0.2, 0.25) is 0 Å². The average Bonchev–Trinajstić information content (AvgIpc) is 2.80. The second kappa shape index (κ2) is 5.83. The Balaban J connectivity index is 1.64. The van der Waals surface area contributed by atoms with E-state index in [2.05, 4.69) is 17.6 Å².